The molecule has 1 heterocycles. The first-order valence-electron chi connectivity index (χ1n) is 7.11. The summed E-state index contributed by atoms with van der Waals surface area (Å²) in [5.41, 5.74) is 0.779. The zero-order valence-corrected chi connectivity index (χ0v) is 14.2. The first-order valence-corrected chi connectivity index (χ1v) is 7.92. The van der Waals surface area contributed by atoms with Crippen molar-refractivity contribution in [2.75, 3.05) is 19.0 Å². The fourth-order valence-electron chi connectivity index (χ4n) is 1.97. The van der Waals surface area contributed by atoms with Crippen LogP contribution in [0, 0.1) is 6.92 Å². The van der Waals surface area contributed by atoms with Gasteiger partial charge in [0.2, 0.25) is 0 Å². The van der Waals surface area contributed by atoms with Gasteiger partial charge in [-0.25, -0.2) is 14.6 Å². The third kappa shape index (κ3) is 3.77. The van der Waals surface area contributed by atoms with E-state index in [0.717, 1.165) is 11.3 Å². The van der Waals surface area contributed by atoms with Crippen LogP contribution in [0.1, 0.15) is 43.0 Å². The second-order valence-electron chi connectivity index (χ2n) is 4.65. The minimum atomic E-state index is -0.608. The standard InChI is InChI=1S/C16H16N2O5S/c1-4-23-15(21)12-9(2)17-16(24-12)18-13(19)10-7-5-6-8-11(10)14(20)22-3/h5-8H,4H2,1-3H3,(H,17,18,19). The summed E-state index contributed by atoms with van der Waals surface area (Å²) in [5, 5.41) is 2.84. The zero-order chi connectivity index (χ0) is 17.7. The van der Waals surface area contributed by atoms with Crippen LogP contribution < -0.4 is 5.32 Å². The van der Waals surface area contributed by atoms with E-state index in [1.807, 2.05) is 0 Å². The molecule has 8 heteroatoms. The second-order valence-corrected chi connectivity index (χ2v) is 5.64. The Bertz CT molecular complexity index is 785. The third-order valence-electron chi connectivity index (χ3n) is 3.05. The number of anilines is 1. The first kappa shape index (κ1) is 17.6. The molecule has 0 aliphatic rings. The van der Waals surface area contributed by atoms with E-state index in [-0.39, 0.29) is 22.9 Å². The van der Waals surface area contributed by atoms with Crippen LogP contribution >= 0.6 is 11.3 Å². The van der Waals surface area contributed by atoms with Crippen molar-refractivity contribution in [1.29, 1.82) is 0 Å². The van der Waals surface area contributed by atoms with E-state index in [4.69, 9.17) is 4.74 Å². The van der Waals surface area contributed by atoms with Crippen LogP contribution in [0.25, 0.3) is 0 Å². The summed E-state index contributed by atoms with van der Waals surface area (Å²) in [6, 6.07) is 6.28. The molecular weight excluding hydrogens is 332 g/mol. The topological polar surface area (TPSA) is 94.6 Å². The molecule has 1 aromatic carbocycles. The van der Waals surface area contributed by atoms with Crippen LogP contribution in [0.5, 0.6) is 0 Å². The van der Waals surface area contributed by atoms with Gasteiger partial charge in [-0.3, -0.25) is 10.1 Å². The number of thiazole rings is 1. The Labute approximate surface area is 142 Å². The van der Waals surface area contributed by atoms with Crippen LogP contribution in [-0.2, 0) is 9.47 Å². The molecule has 24 heavy (non-hydrogen) atoms. The molecule has 126 valence electrons. The fourth-order valence-corrected chi connectivity index (χ4v) is 2.82. The van der Waals surface area contributed by atoms with Gasteiger partial charge in [0.25, 0.3) is 5.91 Å². The molecule has 2 aromatic rings. The van der Waals surface area contributed by atoms with E-state index in [0.29, 0.717) is 10.6 Å². The Morgan fingerprint density at radius 2 is 1.83 bits per heavy atom. The average Bonchev–Trinajstić information content (AvgIpc) is 2.94. The Hall–Kier alpha value is -2.74. The van der Waals surface area contributed by atoms with E-state index in [1.165, 1.54) is 19.2 Å². The van der Waals surface area contributed by atoms with Crippen molar-refractivity contribution in [2.45, 2.75) is 13.8 Å². The van der Waals surface area contributed by atoms with Crippen LogP contribution in [-0.4, -0.2) is 36.5 Å². The van der Waals surface area contributed by atoms with Gasteiger partial charge in [-0.1, -0.05) is 23.5 Å². The molecule has 1 amide bonds. The zero-order valence-electron chi connectivity index (χ0n) is 13.4. The van der Waals surface area contributed by atoms with Crippen molar-refractivity contribution < 1.29 is 23.9 Å². The first-order chi connectivity index (χ1) is 11.5. The van der Waals surface area contributed by atoms with Crippen molar-refractivity contribution >= 4 is 34.3 Å². The molecule has 0 fully saturated rings. The van der Waals surface area contributed by atoms with Gasteiger partial charge in [0.1, 0.15) is 4.88 Å². The molecule has 0 saturated carbocycles. The molecule has 0 spiro atoms. The SMILES string of the molecule is CCOC(=O)c1sc(NC(=O)c2ccccc2C(=O)OC)nc1C. The average molecular weight is 348 g/mol. The summed E-state index contributed by atoms with van der Waals surface area (Å²) in [5.74, 6) is -1.61. The molecule has 0 bridgehead atoms. The molecule has 0 radical (unpaired) electrons. The quantitative estimate of drug-likeness (QED) is 0.835. The number of rotatable bonds is 5. The monoisotopic (exact) mass is 348 g/mol. The number of carbonyl (C=O) groups excluding carboxylic acids is 3. The lowest BCUT2D eigenvalue weighted by Gasteiger charge is -2.06. The fraction of sp³-hybridized carbons (Fsp3) is 0.250. The summed E-state index contributed by atoms with van der Waals surface area (Å²) < 4.78 is 9.60. The molecule has 2 rings (SSSR count). The summed E-state index contributed by atoms with van der Waals surface area (Å²) >= 11 is 1.02. The minimum Gasteiger partial charge on any atom is -0.465 e. The molecule has 7 nitrogen and oxygen atoms in total. The van der Waals surface area contributed by atoms with Crippen molar-refractivity contribution in [1.82, 2.24) is 4.98 Å². The highest BCUT2D eigenvalue weighted by Crippen LogP contribution is 2.24. The van der Waals surface area contributed by atoms with Gasteiger partial charge in [0.05, 0.1) is 30.5 Å². The number of ether oxygens (including phenoxy) is 2. The maximum absolute atomic E-state index is 12.4. The normalized spacial score (nSPS) is 10.1. The van der Waals surface area contributed by atoms with Crippen LogP contribution in [0.3, 0.4) is 0 Å². The van der Waals surface area contributed by atoms with Gasteiger partial charge in [-0.2, -0.15) is 0 Å². The lowest BCUT2D eigenvalue weighted by Crippen LogP contribution is -2.17. The number of nitrogens with zero attached hydrogens (tertiary/aromatic N) is 1. The Kier molecular flexibility index (Phi) is 5.64. The number of hydrogen-bond donors (Lipinski definition) is 1. The van der Waals surface area contributed by atoms with Crippen molar-refractivity contribution in [3.63, 3.8) is 0 Å². The highest BCUT2D eigenvalue weighted by atomic mass is 32.1. The van der Waals surface area contributed by atoms with E-state index < -0.39 is 17.8 Å². The Balaban J connectivity index is 2.24. The minimum absolute atomic E-state index is 0.149. The van der Waals surface area contributed by atoms with E-state index >= 15 is 0 Å². The van der Waals surface area contributed by atoms with Crippen molar-refractivity contribution in [2.24, 2.45) is 0 Å². The Morgan fingerprint density at radius 1 is 1.17 bits per heavy atom. The molecule has 1 aromatic heterocycles. The number of carbonyl (C=O) groups is 3. The highest BCUT2D eigenvalue weighted by Gasteiger charge is 2.20. The highest BCUT2D eigenvalue weighted by molar-refractivity contribution is 7.17. The number of amides is 1. The molecule has 0 aliphatic heterocycles. The van der Waals surface area contributed by atoms with E-state index in [9.17, 15) is 14.4 Å². The number of aromatic nitrogens is 1. The summed E-state index contributed by atoms with van der Waals surface area (Å²) in [7, 11) is 1.24. The number of aryl methyl sites for hydroxylation is 1. The second kappa shape index (κ2) is 7.69. The molecular formula is C16H16N2O5S. The van der Waals surface area contributed by atoms with Crippen LogP contribution in [0.15, 0.2) is 24.3 Å². The van der Waals surface area contributed by atoms with Crippen LogP contribution in [0.2, 0.25) is 0 Å². The Morgan fingerprint density at radius 3 is 2.46 bits per heavy atom. The largest absolute Gasteiger partial charge is 0.465 e. The molecule has 1 N–H and O–H groups in total. The van der Waals surface area contributed by atoms with Gasteiger partial charge in [0, 0.05) is 0 Å². The number of methoxy groups -OCH3 is 1. The van der Waals surface area contributed by atoms with Gasteiger partial charge in [0.15, 0.2) is 5.13 Å². The number of nitrogens with one attached hydrogen (secondary N) is 1. The lowest BCUT2D eigenvalue weighted by atomic mass is 10.1. The number of benzene rings is 1. The maximum Gasteiger partial charge on any atom is 0.350 e. The smallest absolute Gasteiger partial charge is 0.350 e. The van der Waals surface area contributed by atoms with Gasteiger partial charge in [-0.15, -0.1) is 0 Å². The van der Waals surface area contributed by atoms with Gasteiger partial charge < -0.3 is 9.47 Å². The lowest BCUT2D eigenvalue weighted by molar-refractivity contribution is 0.0529. The number of esters is 2. The molecule has 0 aliphatic carbocycles. The van der Waals surface area contributed by atoms with E-state index in [2.05, 4.69) is 15.0 Å². The summed E-state index contributed by atoms with van der Waals surface area (Å²) in [6.45, 7) is 3.62. The predicted octanol–water partition coefficient (Wildman–Crippen LogP) is 2.67. The summed E-state index contributed by atoms with van der Waals surface area (Å²) in [4.78, 5) is 40.4. The number of hydrogen-bond acceptors (Lipinski definition) is 7. The third-order valence-corrected chi connectivity index (χ3v) is 4.11. The molecule has 0 unspecified atom stereocenters. The van der Waals surface area contributed by atoms with E-state index in [1.54, 1.807) is 26.0 Å². The molecule has 0 saturated heterocycles. The van der Waals surface area contributed by atoms with Gasteiger partial charge >= 0.3 is 11.9 Å². The maximum atomic E-state index is 12.4. The van der Waals surface area contributed by atoms with Crippen molar-refractivity contribution in [3.05, 3.63) is 46.0 Å². The van der Waals surface area contributed by atoms with Crippen LogP contribution in [0.4, 0.5) is 5.13 Å². The molecule has 0 atom stereocenters. The summed E-state index contributed by atoms with van der Waals surface area (Å²) in [6.07, 6.45) is 0. The predicted molar refractivity (Wildman–Crippen MR) is 88.5 cm³/mol. The van der Waals surface area contributed by atoms with Crippen molar-refractivity contribution in [3.8, 4) is 0 Å². The van der Waals surface area contributed by atoms with Gasteiger partial charge in [-0.05, 0) is 26.0 Å².